The number of hydrogen-bond acceptors (Lipinski definition) is 1. The highest BCUT2D eigenvalue weighted by Crippen LogP contribution is 2.55. The molecule has 0 aromatic heterocycles. The van der Waals surface area contributed by atoms with Crippen molar-refractivity contribution in [2.75, 3.05) is 4.90 Å². The molecule has 1 aliphatic carbocycles. The van der Waals surface area contributed by atoms with Gasteiger partial charge in [0.2, 0.25) is 0 Å². The first-order valence-electron chi connectivity index (χ1n) is 23.7. The van der Waals surface area contributed by atoms with E-state index in [1.165, 1.54) is 38.6 Å². The summed E-state index contributed by atoms with van der Waals surface area (Å²) in [4.78, 5) is 2.37. The van der Waals surface area contributed by atoms with Crippen LogP contribution >= 0.6 is 0 Å². The van der Waals surface area contributed by atoms with Crippen molar-refractivity contribution in [2.45, 2.75) is 19.3 Å². The molecule has 0 aliphatic heterocycles. The van der Waals surface area contributed by atoms with Crippen molar-refractivity contribution in [2.24, 2.45) is 0 Å². The van der Waals surface area contributed by atoms with Gasteiger partial charge in [0.15, 0.2) is 0 Å². The van der Waals surface area contributed by atoms with Gasteiger partial charge in [-0.2, -0.15) is 0 Å². The van der Waals surface area contributed by atoms with Gasteiger partial charge < -0.3 is 4.90 Å². The summed E-state index contributed by atoms with van der Waals surface area (Å²) in [5, 5.41) is 2.43. The minimum atomic E-state index is -0.401. The van der Waals surface area contributed by atoms with Crippen molar-refractivity contribution in [1.82, 2.24) is 0 Å². The second kappa shape index (κ2) is 15.4. The third-order valence-electron chi connectivity index (χ3n) is 12.6. The van der Waals surface area contributed by atoms with Crippen molar-refractivity contribution < 1.29 is 6.85 Å². The van der Waals surface area contributed by atoms with Crippen LogP contribution in [0.3, 0.4) is 0 Å². The van der Waals surface area contributed by atoms with Gasteiger partial charge >= 0.3 is 0 Å². The highest BCUT2D eigenvalue weighted by atomic mass is 15.1. The Balaban J connectivity index is 1.07. The van der Waals surface area contributed by atoms with E-state index in [1.54, 1.807) is 0 Å². The predicted molar refractivity (Wildman–Crippen MR) is 263 cm³/mol. The number of benzene rings is 10. The molecule has 0 N–H and O–H groups in total. The molecular formula is C61H45N. The van der Waals surface area contributed by atoms with E-state index in [2.05, 4.69) is 201 Å². The molecule has 0 saturated heterocycles. The minimum absolute atomic E-state index is 0.197. The summed E-state index contributed by atoms with van der Waals surface area (Å²) < 4.78 is 43.0. The molecule has 1 nitrogen and oxygen atoms in total. The predicted octanol–water partition coefficient (Wildman–Crippen LogP) is 17.0. The van der Waals surface area contributed by atoms with Crippen molar-refractivity contribution in [1.29, 1.82) is 0 Å². The van der Waals surface area contributed by atoms with Crippen LogP contribution in [0.1, 0.15) is 31.8 Å². The van der Waals surface area contributed by atoms with E-state index in [1.807, 2.05) is 24.3 Å². The third-order valence-corrected chi connectivity index (χ3v) is 12.6. The number of nitrogens with zero attached hydrogens (tertiary/aromatic N) is 1. The molecule has 0 bridgehead atoms. The average Bonchev–Trinajstić information content (AvgIpc) is 3.61. The lowest BCUT2D eigenvalue weighted by Gasteiger charge is -2.30. The van der Waals surface area contributed by atoms with Crippen LogP contribution in [-0.2, 0) is 5.41 Å². The van der Waals surface area contributed by atoms with Crippen LogP contribution in [0.25, 0.3) is 77.5 Å². The van der Waals surface area contributed by atoms with Crippen LogP contribution in [0.4, 0.5) is 17.1 Å². The van der Waals surface area contributed by atoms with Crippen LogP contribution in [0, 0.1) is 0 Å². The van der Waals surface area contributed by atoms with Crippen LogP contribution < -0.4 is 4.90 Å². The molecule has 0 atom stereocenters. The maximum absolute atomic E-state index is 8.89. The Morgan fingerprint density at radius 3 is 1.60 bits per heavy atom. The van der Waals surface area contributed by atoms with E-state index in [-0.39, 0.29) is 29.7 Å². The summed E-state index contributed by atoms with van der Waals surface area (Å²) in [5.41, 5.74) is 16.7. The van der Waals surface area contributed by atoms with E-state index in [0.29, 0.717) is 5.56 Å². The van der Waals surface area contributed by atoms with E-state index in [0.717, 1.165) is 56.0 Å². The lowest BCUT2D eigenvalue weighted by atomic mass is 9.81. The van der Waals surface area contributed by atoms with Gasteiger partial charge in [-0.15, -0.1) is 0 Å². The van der Waals surface area contributed by atoms with Gasteiger partial charge in [0.1, 0.15) is 0 Å². The molecule has 10 aromatic carbocycles. The lowest BCUT2D eigenvalue weighted by molar-refractivity contribution is 0.660. The Kier molecular flexibility index (Phi) is 7.96. The molecular weight excluding hydrogens is 747 g/mol. The van der Waals surface area contributed by atoms with Gasteiger partial charge in [-0.05, 0) is 113 Å². The van der Waals surface area contributed by atoms with E-state index in [9.17, 15) is 0 Å². The smallest absolute Gasteiger partial charge is 0.0629 e. The lowest BCUT2D eigenvalue weighted by Crippen LogP contribution is -2.17. The zero-order valence-corrected chi connectivity index (χ0v) is 34.6. The topological polar surface area (TPSA) is 3.24 Å². The van der Waals surface area contributed by atoms with Crippen LogP contribution in [-0.4, -0.2) is 0 Å². The Morgan fingerprint density at radius 2 is 0.903 bits per heavy atom. The normalized spacial score (nSPS) is 13.6. The first kappa shape index (κ1) is 32.1. The highest BCUT2D eigenvalue weighted by Gasteiger charge is 2.38. The quantitative estimate of drug-likeness (QED) is 0.148. The molecule has 1 heteroatoms. The molecule has 0 saturated carbocycles. The van der Waals surface area contributed by atoms with Gasteiger partial charge in [-0.3, -0.25) is 0 Å². The van der Waals surface area contributed by atoms with Crippen molar-refractivity contribution in [3.05, 3.63) is 248 Å². The largest absolute Gasteiger partial charge is 0.310 e. The first-order valence-corrected chi connectivity index (χ1v) is 21.2. The Labute approximate surface area is 371 Å². The van der Waals surface area contributed by atoms with Gasteiger partial charge in [-0.25, -0.2) is 0 Å². The second-order valence-corrected chi connectivity index (χ2v) is 16.5. The molecule has 62 heavy (non-hydrogen) atoms. The van der Waals surface area contributed by atoms with Crippen molar-refractivity contribution in [3.63, 3.8) is 0 Å². The molecule has 294 valence electrons. The van der Waals surface area contributed by atoms with Crippen molar-refractivity contribution >= 4 is 27.8 Å². The zero-order chi connectivity index (χ0) is 46.0. The SMILES string of the molecule is [2H]c1c([2H])c([2H])c(-c2ccccc2-c2cccc3c2-c2ccc(N(c4ccc(-c5cccc6cccc(-c7ccccc7)c56)cc4)c4ccccc4-c4ccccc4)cc2C3(C)C)c([2H])c1[2H]. The molecule has 0 unspecified atom stereocenters. The molecule has 0 amide bonds. The minimum Gasteiger partial charge on any atom is -0.310 e. The zero-order valence-electron chi connectivity index (χ0n) is 39.6. The van der Waals surface area contributed by atoms with Crippen molar-refractivity contribution in [3.8, 4) is 66.8 Å². The maximum Gasteiger partial charge on any atom is 0.0629 e. The van der Waals surface area contributed by atoms with Crippen LogP contribution in [0.5, 0.6) is 0 Å². The summed E-state index contributed by atoms with van der Waals surface area (Å²) in [6.07, 6.45) is 0. The second-order valence-electron chi connectivity index (χ2n) is 16.5. The van der Waals surface area contributed by atoms with Gasteiger partial charge in [0.25, 0.3) is 0 Å². The summed E-state index contributed by atoms with van der Waals surface area (Å²) in [7, 11) is 0. The molecule has 1 aliphatic rings. The van der Waals surface area contributed by atoms with Gasteiger partial charge in [-0.1, -0.05) is 220 Å². The van der Waals surface area contributed by atoms with Gasteiger partial charge in [0, 0.05) is 22.4 Å². The average molecular weight is 797 g/mol. The first-order chi connectivity index (χ1) is 32.6. The number of anilines is 3. The number of fused-ring (bicyclic) bond motifs is 4. The fourth-order valence-corrected chi connectivity index (χ4v) is 9.65. The maximum atomic E-state index is 8.89. The number of rotatable bonds is 8. The van der Waals surface area contributed by atoms with E-state index in [4.69, 9.17) is 6.85 Å². The molecule has 10 aromatic rings. The summed E-state index contributed by atoms with van der Waals surface area (Å²) in [6, 6.07) is 71.2. The van der Waals surface area contributed by atoms with E-state index >= 15 is 0 Å². The third kappa shape index (κ3) is 6.33. The van der Waals surface area contributed by atoms with Crippen LogP contribution in [0.15, 0.2) is 236 Å². The van der Waals surface area contributed by atoms with E-state index < -0.39 is 11.5 Å². The Morgan fingerprint density at radius 1 is 0.371 bits per heavy atom. The Hall–Kier alpha value is -7.74. The number of para-hydroxylation sites is 1. The fraction of sp³-hybridized carbons (Fsp3) is 0.0492. The highest BCUT2D eigenvalue weighted by molar-refractivity contribution is 6.07. The summed E-state index contributed by atoms with van der Waals surface area (Å²) in [6.45, 7) is 4.55. The standard InChI is InChI=1S/C61H45N/c1-61(2)56-33-18-32-54(53-29-13-12-27-49(53)42-19-6-3-7-20-42)60(56)55-40-39-48(41-57(55)61)62(58-34-15-14-28-50(58)43-21-8-4-9-22-43)47-37-35-45(36-38-47)52-31-17-26-46-25-16-30-51(59(46)52)44-23-10-5-11-24-44/h3-41H,1-2H3/i3D,6D,7D,19D,20D. The summed E-state index contributed by atoms with van der Waals surface area (Å²) in [5.74, 6) is 0. The Bertz CT molecular complexity index is 3510. The molecule has 0 spiro atoms. The molecule has 0 heterocycles. The molecule has 0 fully saturated rings. The number of hydrogen-bond donors (Lipinski definition) is 0. The van der Waals surface area contributed by atoms with Gasteiger partial charge in [0.05, 0.1) is 12.5 Å². The fourth-order valence-electron chi connectivity index (χ4n) is 9.65. The van der Waals surface area contributed by atoms with Crippen LogP contribution in [0.2, 0.25) is 0 Å². The summed E-state index contributed by atoms with van der Waals surface area (Å²) >= 11 is 0. The molecule has 0 radical (unpaired) electrons. The molecule has 11 rings (SSSR count). The monoisotopic (exact) mass is 796 g/mol.